The Hall–Kier alpha value is -1.14. The standard InChI is InChI=1S/C12H23N3O3/c13-11(17)9-15-6-4-10(5-7-15)14-12(18)3-1-2-8-16/h10,16H,1-9H2,(H2,13,17)(H,14,18). The third-order valence-corrected chi connectivity index (χ3v) is 3.14. The number of amides is 2. The van der Waals surface area contributed by atoms with Gasteiger partial charge in [0.1, 0.15) is 0 Å². The molecule has 0 bridgehead atoms. The molecule has 0 aromatic rings. The van der Waals surface area contributed by atoms with E-state index in [0.717, 1.165) is 32.4 Å². The van der Waals surface area contributed by atoms with Gasteiger partial charge < -0.3 is 16.2 Å². The van der Waals surface area contributed by atoms with E-state index in [0.29, 0.717) is 19.4 Å². The second kappa shape index (κ2) is 8.05. The topological polar surface area (TPSA) is 95.7 Å². The predicted molar refractivity (Wildman–Crippen MR) is 67.7 cm³/mol. The van der Waals surface area contributed by atoms with Crippen molar-refractivity contribution in [3.05, 3.63) is 0 Å². The number of nitrogens with two attached hydrogens (primary N) is 1. The molecule has 6 heteroatoms. The number of nitrogens with one attached hydrogen (secondary N) is 1. The summed E-state index contributed by atoms with van der Waals surface area (Å²) in [6.45, 7) is 2.03. The Labute approximate surface area is 108 Å². The van der Waals surface area contributed by atoms with Gasteiger partial charge in [-0.1, -0.05) is 0 Å². The van der Waals surface area contributed by atoms with Crippen molar-refractivity contribution in [2.45, 2.75) is 38.1 Å². The fraction of sp³-hybridized carbons (Fsp3) is 0.833. The van der Waals surface area contributed by atoms with Gasteiger partial charge in [-0.3, -0.25) is 14.5 Å². The van der Waals surface area contributed by atoms with Gasteiger partial charge in [0.05, 0.1) is 6.54 Å². The fourth-order valence-corrected chi connectivity index (χ4v) is 2.15. The molecule has 18 heavy (non-hydrogen) atoms. The minimum Gasteiger partial charge on any atom is -0.396 e. The van der Waals surface area contributed by atoms with Crippen LogP contribution in [0.1, 0.15) is 32.1 Å². The van der Waals surface area contributed by atoms with E-state index in [1.165, 1.54) is 0 Å². The van der Waals surface area contributed by atoms with Crippen molar-refractivity contribution in [3.8, 4) is 0 Å². The Morgan fingerprint density at radius 1 is 1.28 bits per heavy atom. The molecule has 1 aliphatic rings. The van der Waals surface area contributed by atoms with E-state index in [1.807, 2.05) is 4.90 Å². The number of carbonyl (C=O) groups is 2. The summed E-state index contributed by atoms with van der Waals surface area (Å²) in [5.41, 5.74) is 5.14. The summed E-state index contributed by atoms with van der Waals surface area (Å²) in [4.78, 5) is 24.3. The molecular weight excluding hydrogens is 234 g/mol. The van der Waals surface area contributed by atoms with Gasteiger partial charge in [0.2, 0.25) is 11.8 Å². The number of nitrogens with zero attached hydrogens (tertiary/aromatic N) is 1. The molecule has 0 spiro atoms. The van der Waals surface area contributed by atoms with Gasteiger partial charge in [-0.05, 0) is 25.7 Å². The lowest BCUT2D eigenvalue weighted by Crippen LogP contribution is -2.46. The van der Waals surface area contributed by atoms with Crippen molar-refractivity contribution in [2.24, 2.45) is 5.73 Å². The van der Waals surface area contributed by atoms with Gasteiger partial charge in [0.15, 0.2) is 0 Å². The van der Waals surface area contributed by atoms with Crippen LogP contribution in [0.2, 0.25) is 0 Å². The Morgan fingerprint density at radius 2 is 1.94 bits per heavy atom. The van der Waals surface area contributed by atoms with Crippen LogP contribution in [0.3, 0.4) is 0 Å². The zero-order chi connectivity index (χ0) is 13.4. The van der Waals surface area contributed by atoms with Gasteiger partial charge in [0.25, 0.3) is 0 Å². The van der Waals surface area contributed by atoms with Crippen molar-refractivity contribution >= 4 is 11.8 Å². The lowest BCUT2D eigenvalue weighted by atomic mass is 10.0. The average molecular weight is 257 g/mol. The molecule has 0 saturated carbocycles. The van der Waals surface area contributed by atoms with Gasteiger partial charge in [0, 0.05) is 32.2 Å². The molecule has 1 fully saturated rings. The second-order valence-electron chi connectivity index (χ2n) is 4.76. The molecule has 0 aromatic heterocycles. The van der Waals surface area contributed by atoms with E-state index < -0.39 is 0 Å². The summed E-state index contributed by atoms with van der Waals surface area (Å²) in [5.74, 6) is -0.252. The molecule has 1 saturated heterocycles. The maximum Gasteiger partial charge on any atom is 0.231 e. The van der Waals surface area contributed by atoms with Crippen LogP contribution >= 0.6 is 0 Å². The van der Waals surface area contributed by atoms with Crippen molar-refractivity contribution < 1.29 is 14.7 Å². The quantitative estimate of drug-likeness (QED) is 0.521. The SMILES string of the molecule is NC(=O)CN1CCC(NC(=O)CCCCO)CC1. The summed E-state index contributed by atoms with van der Waals surface area (Å²) < 4.78 is 0. The van der Waals surface area contributed by atoms with Crippen LogP contribution in [-0.4, -0.2) is 54.1 Å². The predicted octanol–water partition coefficient (Wildman–Crippen LogP) is -0.785. The number of piperidine rings is 1. The molecule has 1 heterocycles. The Morgan fingerprint density at radius 3 is 2.50 bits per heavy atom. The zero-order valence-corrected chi connectivity index (χ0v) is 10.7. The van der Waals surface area contributed by atoms with E-state index in [2.05, 4.69) is 5.32 Å². The lowest BCUT2D eigenvalue weighted by molar-refractivity contribution is -0.123. The number of carbonyl (C=O) groups excluding carboxylic acids is 2. The average Bonchev–Trinajstić information content (AvgIpc) is 2.31. The first-order chi connectivity index (χ1) is 8.61. The molecule has 0 aromatic carbocycles. The van der Waals surface area contributed by atoms with E-state index >= 15 is 0 Å². The number of aliphatic hydroxyl groups is 1. The van der Waals surface area contributed by atoms with Crippen molar-refractivity contribution in [2.75, 3.05) is 26.2 Å². The first-order valence-electron chi connectivity index (χ1n) is 6.52. The van der Waals surface area contributed by atoms with Crippen LogP contribution in [0.25, 0.3) is 0 Å². The summed E-state index contributed by atoms with van der Waals surface area (Å²) in [6, 6.07) is 0.204. The van der Waals surface area contributed by atoms with Crippen molar-refractivity contribution in [3.63, 3.8) is 0 Å². The minimum absolute atomic E-state index is 0.0526. The highest BCUT2D eigenvalue weighted by Gasteiger charge is 2.21. The maximum atomic E-state index is 11.6. The molecule has 1 rings (SSSR count). The third kappa shape index (κ3) is 5.97. The van der Waals surface area contributed by atoms with E-state index in [-0.39, 0.29) is 24.5 Å². The van der Waals surface area contributed by atoms with Gasteiger partial charge >= 0.3 is 0 Å². The first kappa shape index (κ1) is 14.9. The third-order valence-electron chi connectivity index (χ3n) is 3.14. The summed E-state index contributed by atoms with van der Waals surface area (Å²) >= 11 is 0. The number of likely N-dealkylation sites (tertiary alicyclic amines) is 1. The fourth-order valence-electron chi connectivity index (χ4n) is 2.15. The number of primary amides is 1. The number of aliphatic hydroxyl groups excluding tert-OH is 1. The van der Waals surface area contributed by atoms with Gasteiger partial charge in [-0.25, -0.2) is 0 Å². The van der Waals surface area contributed by atoms with Crippen LogP contribution in [0.4, 0.5) is 0 Å². The normalized spacial score (nSPS) is 17.6. The van der Waals surface area contributed by atoms with Crippen LogP contribution in [0.15, 0.2) is 0 Å². The number of unbranched alkanes of at least 4 members (excludes halogenated alkanes) is 1. The molecule has 0 aliphatic carbocycles. The number of hydrogen-bond donors (Lipinski definition) is 3. The molecule has 1 aliphatic heterocycles. The highest BCUT2D eigenvalue weighted by atomic mass is 16.3. The van der Waals surface area contributed by atoms with E-state index in [4.69, 9.17) is 10.8 Å². The largest absolute Gasteiger partial charge is 0.396 e. The molecule has 4 N–H and O–H groups in total. The number of rotatable bonds is 7. The Kier molecular flexibility index (Phi) is 6.67. The summed E-state index contributed by atoms with van der Waals surface area (Å²) in [5, 5.41) is 11.6. The smallest absolute Gasteiger partial charge is 0.231 e. The molecule has 6 nitrogen and oxygen atoms in total. The van der Waals surface area contributed by atoms with Crippen LogP contribution < -0.4 is 11.1 Å². The molecule has 0 unspecified atom stereocenters. The summed E-state index contributed by atoms with van der Waals surface area (Å²) in [7, 11) is 0. The van der Waals surface area contributed by atoms with Crippen LogP contribution in [-0.2, 0) is 9.59 Å². The van der Waals surface area contributed by atoms with Crippen LogP contribution in [0, 0.1) is 0 Å². The zero-order valence-electron chi connectivity index (χ0n) is 10.7. The first-order valence-corrected chi connectivity index (χ1v) is 6.52. The molecule has 0 atom stereocenters. The van der Waals surface area contributed by atoms with Gasteiger partial charge in [-0.2, -0.15) is 0 Å². The minimum atomic E-state index is -0.304. The van der Waals surface area contributed by atoms with E-state index in [1.54, 1.807) is 0 Å². The molecule has 0 radical (unpaired) electrons. The summed E-state index contributed by atoms with van der Waals surface area (Å²) in [6.07, 6.45) is 3.59. The lowest BCUT2D eigenvalue weighted by Gasteiger charge is -2.31. The molecule has 2 amide bonds. The monoisotopic (exact) mass is 257 g/mol. The Bertz CT molecular complexity index is 276. The van der Waals surface area contributed by atoms with Gasteiger partial charge in [-0.15, -0.1) is 0 Å². The maximum absolute atomic E-state index is 11.6. The van der Waals surface area contributed by atoms with E-state index in [9.17, 15) is 9.59 Å². The van der Waals surface area contributed by atoms with Crippen LogP contribution in [0.5, 0.6) is 0 Å². The van der Waals surface area contributed by atoms with Crippen molar-refractivity contribution in [1.82, 2.24) is 10.2 Å². The Balaban J connectivity index is 2.14. The highest BCUT2D eigenvalue weighted by Crippen LogP contribution is 2.10. The van der Waals surface area contributed by atoms with Crippen molar-refractivity contribution in [1.29, 1.82) is 0 Å². The second-order valence-corrected chi connectivity index (χ2v) is 4.76. The highest BCUT2D eigenvalue weighted by molar-refractivity contribution is 5.76. The number of hydrogen-bond acceptors (Lipinski definition) is 4. The molecule has 104 valence electrons. The molecular formula is C12H23N3O3.